The van der Waals surface area contributed by atoms with Crippen molar-refractivity contribution in [2.24, 2.45) is 0 Å². The van der Waals surface area contributed by atoms with E-state index in [1.165, 1.54) is 13.3 Å². The van der Waals surface area contributed by atoms with E-state index in [0.717, 1.165) is 23.0 Å². The molecule has 116 valence electrons. The second-order valence-corrected chi connectivity index (χ2v) is 4.99. The summed E-state index contributed by atoms with van der Waals surface area (Å²) in [7, 11) is 0. The number of hydrogen-bond donors (Lipinski definition) is 2. The van der Waals surface area contributed by atoms with Gasteiger partial charge < -0.3 is 10.6 Å². The van der Waals surface area contributed by atoms with Crippen molar-refractivity contribution in [3.8, 4) is 5.82 Å². The molecule has 3 aromatic rings. The molecule has 0 aliphatic heterocycles. The van der Waals surface area contributed by atoms with Crippen LogP contribution in [0, 0.1) is 6.92 Å². The van der Waals surface area contributed by atoms with Gasteiger partial charge in [0.2, 0.25) is 5.91 Å². The van der Waals surface area contributed by atoms with Gasteiger partial charge in [0.25, 0.3) is 0 Å². The number of hydrogen-bond acceptors (Lipinski definition) is 5. The minimum Gasteiger partial charge on any atom is -0.340 e. The Morgan fingerprint density at radius 2 is 1.83 bits per heavy atom. The quantitative estimate of drug-likeness (QED) is 0.774. The molecular formula is C16H16N6O. The lowest BCUT2D eigenvalue weighted by molar-refractivity contribution is -0.114. The third-order valence-corrected chi connectivity index (χ3v) is 3.20. The third kappa shape index (κ3) is 3.52. The highest BCUT2D eigenvalue weighted by Crippen LogP contribution is 2.19. The number of nitrogens with one attached hydrogen (secondary N) is 2. The Labute approximate surface area is 133 Å². The molecule has 2 N–H and O–H groups in total. The van der Waals surface area contributed by atoms with E-state index >= 15 is 0 Å². The number of aryl methyl sites for hydroxylation is 1. The van der Waals surface area contributed by atoms with Gasteiger partial charge >= 0.3 is 0 Å². The summed E-state index contributed by atoms with van der Waals surface area (Å²) < 4.78 is 1.88. The Hall–Kier alpha value is -3.22. The van der Waals surface area contributed by atoms with Crippen LogP contribution >= 0.6 is 0 Å². The van der Waals surface area contributed by atoms with Crippen molar-refractivity contribution < 1.29 is 4.79 Å². The molecule has 0 saturated carbocycles. The van der Waals surface area contributed by atoms with Gasteiger partial charge in [0.15, 0.2) is 0 Å². The zero-order chi connectivity index (χ0) is 16.2. The van der Waals surface area contributed by atoms with Gasteiger partial charge in [-0.05, 0) is 31.2 Å². The van der Waals surface area contributed by atoms with Crippen LogP contribution in [-0.4, -0.2) is 25.4 Å². The first kappa shape index (κ1) is 14.7. The third-order valence-electron chi connectivity index (χ3n) is 3.20. The molecule has 3 rings (SSSR count). The van der Waals surface area contributed by atoms with Crippen LogP contribution < -0.4 is 10.6 Å². The van der Waals surface area contributed by atoms with E-state index in [0.29, 0.717) is 5.82 Å². The molecule has 7 heteroatoms. The number of nitrogens with zero attached hydrogens (tertiary/aromatic N) is 4. The van der Waals surface area contributed by atoms with E-state index in [1.807, 2.05) is 48.0 Å². The SMILES string of the molecule is CC(=O)Nc1ccc(Nc2cc(-n3ccnc3C)ncn2)cc1. The Balaban J connectivity index is 1.78. The van der Waals surface area contributed by atoms with E-state index in [2.05, 4.69) is 25.6 Å². The summed E-state index contributed by atoms with van der Waals surface area (Å²) in [5.41, 5.74) is 1.62. The van der Waals surface area contributed by atoms with Gasteiger partial charge in [-0.2, -0.15) is 0 Å². The zero-order valence-electron chi connectivity index (χ0n) is 12.8. The molecule has 0 fully saturated rings. The van der Waals surface area contributed by atoms with Gasteiger partial charge in [0, 0.05) is 36.8 Å². The number of carbonyl (C=O) groups excluding carboxylic acids is 1. The summed E-state index contributed by atoms with van der Waals surface area (Å²) in [5.74, 6) is 2.18. The van der Waals surface area contributed by atoms with E-state index in [-0.39, 0.29) is 5.91 Å². The first-order valence-electron chi connectivity index (χ1n) is 7.09. The average molecular weight is 308 g/mol. The molecule has 7 nitrogen and oxygen atoms in total. The van der Waals surface area contributed by atoms with Crippen LogP contribution in [0.5, 0.6) is 0 Å². The van der Waals surface area contributed by atoms with Crippen molar-refractivity contribution in [2.45, 2.75) is 13.8 Å². The molecule has 1 amide bonds. The average Bonchev–Trinajstić information content (AvgIpc) is 2.95. The topological polar surface area (TPSA) is 84.7 Å². The minimum atomic E-state index is -0.0955. The van der Waals surface area contributed by atoms with Crippen LogP contribution in [0.25, 0.3) is 5.82 Å². The predicted molar refractivity (Wildman–Crippen MR) is 87.9 cm³/mol. The van der Waals surface area contributed by atoms with Gasteiger partial charge in [-0.15, -0.1) is 0 Å². The van der Waals surface area contributed by atoms with Crippen molar-refractivity contribution in [3.63, 3.8) is 0 Å². The summed E-state index contributed by atoms with van der Waals surface area (Å²) >= 11 is 0. The fraction of sp³-hybridized carbons (Fsp3) is 0.125. The molecule has 0 atom stereocenters. The van der Waals surface area contributed by atoms with Crippen LogP contribution in [-0.2, 0) is 4.79 Å². The lowest BCUT2D eigenvalue weighted by atomic mass is 10.2. The second kappa shape index (κ2) is 6.27. The lowest BCUT2D eigenvalue weighted by Gasteiger charge is -2.09. The van der Waals surface area contributed by atoms with Crippen molar-refractivity contribution >= 4 is 23.1 Å². The molecule has 0 aliphatic carbocycles. The van der Waals surface area contributed by atoms with Gasteiger partial charge in [-0.3, -0.25) is 9.36 Å². The molecule has 0 radical (unpaired) electrons. The predicted octanol–water partition coefficient (Wildman–Crippen LogP) is 2.67. The zero-order valence-corrected chi connectivity index (χ0v) is 12.8. The Kier molecular flexibility index (Phi) is 4.01. The first-order valence-corrected chi connectivity index (χ1v) is 7.09. The summed E-state index contributed by atoms with van der Waals surface area (Å²) in [4.78, 5) is 23.7. The number of imidazole rings is 1. The minimum absolute atomic E-state index is 0.0955. The molecule has 0 bridgehead atoms. The molecule has 0 spiro atoms. The number of benzene rings is 1. The smallest absolute Gasteiger partial charge is 0.221 e. The maximum absolute atomic E-state index is 11.0. The maximum atomic E-state index is 11.0. The number of carbonyl (C=O) groups is 1. The first-order chi connectivity index (χ1) is 11.1. The standard InChI is InChI=1S/C16H16N6O/c1-11-17-7-8-22(11)16-9-15(18-10-19-16)21-14-5-3-13(4-6-14)20-12(2)23/h3-10H,1-2H3,(H,20,23)(H,18,19,21). The van der Waals surface area contributed by atoms with Crippen molar-refractivity contribution in [1.82, 2.24) is 19.5 Å². The fourth-order valence-corrected chi connectivity index (χ4v) is 2.16. The summed E-state index contributed by atoms with van der Waals surface area (Å²) in [6, 6.07) is 9.24. The van der Waals surface area contributed by atoms with E-state index in [1.54, 1.807) is 6.20 Å². The normalized spacial score (nSPS) is 10.3. The molecule has 2 heterocycles. The summed E-state index contributed by atoms with van der Waals surface area (Å²) in [6.07, 6.45) is 5.08. The second-order valence-electron chi connectivity index (χ2n) is 4.99. The monoisotopic (exact) mass is 308 g/mol. The maximum Gasteiger partial charge on any atom is 0.221 e. The van der Waals surface area contributed by atoms with Crippen LogP contribution in [0.3, 0.4) is 0 Å². The molecule has 23 heavy (non-hydrogen) atoms. The number of aromatic nitrogens is 4. The number of anilines is 3. The highest BCUT2D eigenvalue weighted by molar-refractivity contribution is 5.88. The van der Waals surface area contributed by atoms with Crippen LogP contribution in [0.1, 0.15) is 12.7 Å². The van der Waals surface area contributed by atoms with Crippen molar-refractivity contribution in [1.29, 1.82) is 0 Å². The van der Waals surface area contributed by atoms with Gasteiger partial charge in [0.05, 0.1) is 0 Å². The Bertz CT molecular complexity index is 825. The van der Waals surface area contributed by atoms with Crippen LogP contribution in [0.4, 0.5) is 17.2 Å². The van der Waals surface area contributed by atoms with Crippen LogP contribution in [0.2, 0.25) is 0 Å². The Morgan fingerprint density at radius 3 is 2.48 bits per heavy atom. The lowest BCUT2D eigenvalue weighted by Crippen LogP contribution is -2.05. The molecular weight excluding hydrogens is 292 g/mol. The fourth-order valence-electron chi connectivity index (χ4n) is 2.16. The number of rotatable bonds is 4. The van der Waals surface area contributed by atoms with E-state index in [9.17, 15) is 4.79 Å². The van der Waals surface area contributed by atoms with E-state index < -0.39 is 0 Å². The molecule has 0 unspecified atom stereocenters. The molecule has 2 aromatic heterocycles. The van der Waals surface area contributed by atoms with E-state index in [4.69, 9.17) is 0 Å². The number of amides is 1. The highest BCUT2D eigenvalue weighted by atomic mass is 16.1. The highest BCUT2D eigenvalue weighted by Gasteiger charge is 2.04. The van der Waals surface area contributed by atoms with Crippen molar-refractivity contribution in [2.75, 3.05) is 10.6 Å². The Morgan fingerprint density at radius 1 is 1.09 bits per heavy atom. The van der Waals surface area contributed by atoms with Gasteiger partial charge in [-0.25, -0.2) is 15.0 Å². The molecule has 0 aliphatic rings. The summed E-state index contributed by atoms with van der Waals surface area (Å²) in [6.45, 7) is 3.39. The van der Waals surface area contributed by atoms with Gasteiger partial charge in [-0.1, -0.05) is 0 Å². The summed E-state index contributed by atoms with van der Waals surface area (Å²) in [5, 5.41) is 5.94. The molecule has 0 saturated heterocycles. The van der Waals surface area contributed by atoms with Crippen molar-refractivity contribution in [3.05, 3.63) is 54.9 Å². The van der Waals surface area contributed by atoms with Gasteiger partial charge in [0.1, 0.15) is 23.8 Å². The molecule has 1 aromatic carbocycles. The van der Waals surface area contributed by atoms with Crippen LogP contribution in [0.15, 0.2) is 49.1 Å². The largest absolute Gasteiger partial charge is 0.340 e.